The second-order valence-electron chi connectivity index (χ2n) is 6.84. The van der Waals surface area contributed by atoms with Gasteiger partial charge in [0.05, 0.1) is 21.9 Å². The molecule has 0 fully saturated rings. The van der Waals surface area contributed by atoms with Crippen LogP contribution in [-0.4, -0.2) is 21.0 Å². The van der Waals surface area contributed by atoms with Crippen LogP contribution in [-0.2, 0) is 0 Å². The quantitative estimate of drug-likeness (QED) is 0.335. The van der Waals surface area contributed by atoms with Crippen molar-refractivity contribution in [2.24, 2.45) is 0 Å². The number of aromatic nitrogens is 2. The summed E-state index contributed by atoms with van der Waals surface area (Å²) in [7, 11) is 0. The lowest BCUT2D eigenvalue weighted by Gasteiger charge is -2.21. The summed E-state index contributed by atoms with van der Waals surface area (Å²) in [5.74, 6) is -0.639. The summed E-state index contributed by atoms with van der Waals surface area (Å²) in [5, 5.41) is 20.6. The topological polar surface area (TPSA) is 119 Å². The average molecular weight is 455 g/mol. The van der Waals surface area contributed by atoms with Gasteiger partial charge in [-0.25, -0.2) is 0 Å². The number of fused-ring (bicyclic) bond motifs is 2. The summed E-state index contributed by atoms with van der Waals surface area (Å²) in [5.41, 5.74) is 0.350. The van der Waals surface area contributed by atoms with Gasteiger partial charge >= 0.3 is 0 Å². The number of nitrogens with zero attached hydrogens (tertiary/aromatic N) is 4. The van der Waals surface area contributed by atoms with Crippen LogP contribution >= 0.6 is 22.9 Å². The minimum Gasteiger partial charge on any atom is -0.450 e. The second kappa shape index (κ2) is 6.96. The van der Waals surface area contributed by atoms with Crippen molar-refractivity contribution in [2.45, 2.75) is 13.0 Å². The Labute approximate surface area is 182 Å². The van der Waals surface area contributed by atoms with Crippen LogP contribution in [0.25, 0.3) is 11.0 Å². The van der Waals surface area contributed by atoms with Gasteiger partial charge in [0.2, 0.25) is 10.9 Å². The fraction of sp³-hybridized carbons (Fsp3) is 0.100. The Morgan fingerprint density at radius 3 is 2.55 bits per heavy atom. The third-order valence-corrected chi connectivity index (χ3v) is 6.05. The molecule has 0 spiro atoms. The molecule has 1 aliphatic rings. The summed E-state index contributed by atoms with van der Waals surface area (Å²) >= 11 is 7.25. The van der Waals surface area contributed by atoms with Crippen LogP contribution in [0, 0.1) is 17.0 Å². The number of anilines is 1. The van der Waals surface area contributed by atoms with Gasteiger partial charge < -0.3 is 4.42 Å². The van der Waals surface area contributed by atoms with Crippen molar-refractivity contribution >= 4 is 50.6 Å². The Kier molecular flexibility index (Phi) is 4.34. The molecule has 4 aromatic rings. The number of halogens is 1. The first-order chi connectivity index (χ1) is 14.8. The lowest BCUT2D eigenvalue weighted by atomic mass is 9.98. The number of carbonyl (C=O) groups is 1. The van der Waals surface area contributed by atoms with E-state index >= 15 is 0 Å². The van der Waals surface area contributed by atoms with Gasteiger partial charge in [-0.2, -0.15) is 0 Å². The Balaban J connectivity index is 1.79. The van der Waals surface area contributed by atoms with Crippen LogP contribution < -0.4 is 10.3 Å². The van der Waals surface area contributed by atoms with E-state index in [1.165, 1.54) is 52.6 Å². The molecule has 11 heteroatoms. The zero-order chi connectivity index (χ0) is 21.9. The highest BCUT2D eigenvalue weighted by molar-refractivity contribution is 7.15. The molecule has 0 bridgehead atoms. The van der Waals surface area contributed by atoms with E-state index in [9.17, 15) is 19.7 Å². The fourth-order valence-electron chi connectivity index (χ4n) is 3.62. The third-order valence-electron chi connectivity index (χ3n) is 4.97. The fourth-order valence-corrected chi connectivity index (χ4v) is 4.51. The van der Waals surface area contributed by atoms with Crippen molar-refractivity contribution in [2.75, 3.05) is 4.90 Å². The van der Waals surface area contributed by atoms with E-state index in [4.69, 9.17) is 16.0 Å². The van der Waals surface area contributed by atoms with Gasteiger partial charge in [0.1, 0.15) is 10.6 Å². The first kappa shape index (κ1) is 19.3. The second-order valence-corrected chi connectivity index (χ2v) is 8.44. The van der Waals surface area contributed by atoms with Gasteiger partial charge in [0.25, 0.3) is 11.6 Å². The third kappa shape index (κ3) is 2.99. The van der Waals surface area contributed by atoms with Crippen molar-refractivity contribution in [1.29, 1.82) is 0 Å². The molecule has 2 aromatic carbocycles. The van der Waals surface area contributed by atoms with Crippen LogP contribution in [0.4, 0.5) is 10.8 Å². The Morgan fingerprint density at radius 1 is 1.16 bits per heavy atom. The van der Waals surface area contributed by atoms with E-state index in [1.54, 1.807) is 13.0 Å². The lowest BCUT2D eigenvalue weighted by Crippen LogP contribution is -2.29. The van der Waals surface area contributed by atoms with E-state index in [2.05, 4.69) is 10.2 Å². The van der Waals surface area contributed by atoms with Crippen molar-refractivity contribution in [3.8, 4) is 0 Å². The molecule has 2 aromatic heterocycles. The molecule has 0 unspecified atom stereocenters. The van der Waals surface area contributed by atoms with Crippen molar-refractivity contribution in [3.63, 3.8) is 0 Å². The highest BCUT2D eigenvalue weighted by Gasteiger charge is 2.45. The van der Waals surface area contributed by atoms with Crippen molar-refractivity contribution < 1.29 is 14.1 Å². The molecule has 0 saturated carbocycles. The molecule has 31 heavy (non-hydrogen) atoms. The standard InChI is InChI=1S/C20H11ClN4O5S/c1-9-22-23-20(31-9)24-16(10-2-5-12(6-3-10)25(28)29)15-17(26)13-8-11(21)4-7-14(13)30-18(15)19(24)27/h2-8,16H,1H3/t16-/m1/s1. The monoisotopic (exact) mass is 454 g/mol. The van der Waals surface area contributed by atoms with Gasteiger partial charge in [0.15, 0.2) is 5.43 Å². The molecule has 9 nitrogen and oxygen atoms in total. The number of aryl methyl sites for hydroxylation is 1. The summed E-state index contributed by atoms with van der Waals surface area (Å²) in [4.78, 5) is 38.6. The van der Waals surface area contributed by atoms with Gasteiger partial charge in [-0.05, 0) is 42.8 Å². The van der Waals surface area contributed by atoms with E-state index in [-0.39, 0.29) is 28.0 Å². The molecule has 0 saturated heterocycles. The van der Waals surface area contributed by atoms with Crippen LogP contribution in [0.5, 0.6) is 0 Å². The van der Waals surface area contributed by atoms with Gasteiger partial charge in [-0.3, -0.25) is 24.6 Å². The molecule has 154 valence electrons. The first-order valence-corrected chi connectivity index (χ1v) is 10.2. The first-order valence-electron chi connectivity index (χ1n) is 8.99. The van der Waals surface area contributed by atoms with E-state index < -0.39 is 22.3 Å². The smallest absolute Gasteiger partial charge is 0.297 e. The predicted octanol–water partition coefficient (Wildman–Crippen LogP) is 4.26. The maximum Gasteiger partial charge on any atom is 0.297 e. The number of carbonyl (C=O) groups excluding carboxylic acids is 1. The minimum atomic E-state index is -0.879. The maximum absolute atomic E-state index is 13.4. The maximum atomic E-state index is 13.4. The largest absolute Gasteiger partial charge is 0.450 e. The number of amides is 1. The SMILES string of the molecule is Cc1nnc(N2C(=O)c3oc4ccc(Cl)cc4c(=O)c3[C@H]2c2ccc([N+](=O)[O-])cc2)s1. The molecule has 5 rings (SSSR count). The number of benzene rings is 2. The highest BCUT2D eigenvalue weighted by Crippen LogP contribution is 2.42. The molecule has 1 atom stereocenters. The number of rotatable bonds is 3. The van der Waals surface area contributed by atoms with Gasteiger partial charge in [-0.15, -0.1) is 10.2 Å². The van der Waals surface area contributed by atoms with Gasteiger partial charge in [-0.1, -0.05) is 22.9 Å². The van der Waals surface area contributed by atoms with Crippen molar-refractivity contribution in [3.05, 3.63) is 89.7 Å². The zero-order valence-corrected chi connectivity index (χ0v) is 17.3. The molecule has 3 heterocycles. The molecule has 1 amide bonds. The normalized spacial score (nSPS) is 15.5. The van der Waals surface area contributed by atoms with Crippen molar-refractivity contribution in [1.82, 2.24) is 10.2 Å². The highest BCUT2D eigenvalue weighted by atomic mass is 35.5. The predicted molar refractivity (Wildman–Crippen MR) is 114 cm³/mol. The summed E-state index contributed by atoms with van der Waals surface area (Å²) < 4.78 is 5.82. The van der Waals surface area contributed by atoms with E-state index in [0.29, 0.717) is 20.7 Å². The zero-order valence-electron chi connectivity index (χ0n) is 15.7. The van der Waals surface area contributed by atoms with Crippen LogP contribution in [0.15, 0.2) is 51.7 Å². The molecular formula is C20H11ClN4O5S. The molecular weight excluding hydrogens is 444 g/mol. The number of non-ortho nitro benzene ring substituents is 1. The molecule has 0 N–H and O–H groups in total. The number of nitro benzene ring substituents is 1. The summed E-state index contributed by atoms with van der Waals surface area (Å²) in [6.07, 6.45) is 0. The Bertz CT molecular complexity index is 1450. The minimum absolute atomic E-state index is 0.101. The van der Waals surface area contributed by atoms with E-state index in [0.717, 1.165) is 0 Å². The van der Waals surface area contributed by atoms with Crippen LogP contribution in [0.2, 0.25) is 5.02 Å². The van der Waals surface area contributed by atoms with Gasteiger partial charge in [0, 0.05) is 17.2 Å². The van der Waals surface area contributed by atoms with Crippen LogP contribution in [0.1, 0.15) is 32.7 Å². The molecule has 0 radical (unpaired) electrons. The molecule has 1 aliphatic heterocycles. The average Bonchev–Trinajstić information content (AvgIpc) is 3.30. The summed E-state index contributed by atoms with van der Waals surface area (Å²) in [6.45, 7) is 1.75. The lowest BCUT2D eigenvalue weighted by molar-refractivity contribution is -0.384. The van der Waals surface area contributed by atoms with E-state index in [1.807, 2.05) is 0 Å². The number of nitro groups is 1. The van der Waals surface area contributed by atoms with Crippen LogP contribution in [0.3, 0.4) is 0 Å². The summed E-state index contributed by atoms with van der Waals surface area (Å²) in [6, 6.07) is 9.36. The number of hydrogen-bond acceptors (Lipinski definition) is 8. The number of hydrogen-bond donors (Lipinski definition) is 0. The molecule has 0 aliphatic carbocycles. The Morgan fingerprint density at radius 2 is 1.90 bits per heavy atom. The Hall–Kier alpha value is -3.63.